The third-order valence-corrected chi connectivity index (χ3v) is 4.80. The van der Waals surface area contributed by atoms with Gasteiger partial charge in [-0.3, -0.25) is 0 Å². The average molecular weight is 355 g/mol. The largest absolute Gasteiger partial charge is 0.360 e. The summed E-state index contributed by atoms with van der Waals surface area (Å²) in [6.45, 7) is 11.1. The molecular weight excluding hydrogens is 324 g/mol. The van der Waals surface area contributed by atoms with E-state index in [-0.39, 0.29) is 11.5 Å². The number of thiocarbonyl (C=S) groups is 1. The maximum absolute atomic E-state index is 5.48. The van der Waals surface area contributed by atoms with Gasteiger partial charge in [0.15, 0.2) is 5.11 Å². The van der Waals surface area contributed by atoms with Crippen molar-refractivity contribution in [1.29, 1.82) is 0 Å². The highest BCUT2D eigenvalue weighted by molar-refractivity contribution is 7.80. The quantitative estimate of drug-likeness (QED) is 0.636. The van der Waals surface area contributed by atoms with Crippen LogP contribution in [0.3, 0.4) is 0 Å². The molecule has 0 bridgehead atoms. The third-order valence-electron chi connectivity index (χ3n) is 4.58. The molecule has 0 aromatic heterocycles. The maximum atomic E-state index is 5.48. The summed E-state index contributed by atoms with van der Waals surface area (Å²) < 4.78 is 0. The number of hydrogen-bond donors (Lipinski definition) is 2. The van der Waals surface area contributed by atoms with Crippen LogP contribution in [-0.2, 0) is 5.41 Å². The summed E-state index contributed by atoms with van der Waals surface area (Å²) in [4.78, 5) is 0. The highest BCUT2D eigenvalue weighted by Gasteiger charge is 2.23. The molecule has 2 rings (SSSR count). The normalized spacial score (nSPS) is 12.7. The van der Waals surface area contributed by atoms with E-state index in [4.69, 9.17) is 12.2 Å². The molecule has 3 heteroatoms. The van der Waals surface area contributed by atoms with Crippen molar-refractivity contribution >= 4 is 23.0 Å². The van der Waals surface area contributed by atoms with E-state index in [0.29, 0.717) is 11.0 Å². The van der Waals surface area contributed by atoms with Crippen LogP contribution in [0.4, 0.5) is 5.69 Å². The van der Waals surface area contributed by atoms with Crippen molar-refractivity contribution in [3.8, 4) is 0 Å². The van der Waals surface area contributed by atoms with E-state index < -0.39 is 0 Å². The Balaban J connectivity index is 1.89. The van der Waals surface area contributed by atoms with E-state index in [0.717, 1.165) is 12.1 Å². The highest BCUT2D eigenvalue weighted by atomic mass is 32.1. The fourth-order valence-electron chi connectivity index (χ4n) is 3.17. The minimum Gasteiger partial charge on any atom is -0.360 e. The second-order valence-electron chi connectivity index (χ2n) is 7.73. The summed E-state index contributed by atoms with van der Waals surface area (Å²) in [5, 5.41) is 7.37. The first-order valence-electron chi connectivity index (χ1n) is 9.01. The zero-order valence-electron chi connectivity index (χ0n) is 16.0. The molecule has 0 saturated carbocycles. The standard InChI is InChI=1S/C22H30N2S/c1-16(2)18-11-13-20(14-12-18)24-21(25)23-17(3)15-22(4,5)19-9-7-6-8-10-19/h6-14,16-17H,15H2,1-5H3,(H2,23,24,25)/t17-/m0/s1. The second kappa shape index (κ2) is 8.48. The summed E-state index contributed by atoms with van der Waals surface area (Å²) in [6, 6.07) is 19.4. The fraction of sp³-hybridized carbons (Fsp3) is 0.409. The van der Waals surface area contributed by atoms with Gasteiger partial charge in [0.05, 0.1) is 0 Å². The lowest BCUT2D eigenvalue weighted by Gasteiger charge is -2.29. The zero-order chi connectivity index (χ0) is 18.4. The summed E-state index contributed by atoms with van der Waals surface area (Å²) >= 11 is 5.48. The minimum atomic E-state index is 0.0994. The number of rotatable bonds is 6. The lowest BCUT2D eigenvalue weighted by atomic mass is 9.79. The Morgan fingerprint density at radius 2 is 1.56 bits per heavy atom. The van der Waals surface area contributed by atoms with Crippen LogP contribution in [0.1, 0.15) is 58.1 Å². The van der Waals surface area contributed by atoms with Crippen LogP contribution in [0.25, 0.3) is 0 Å². The van der Waals surface area contributed by atoms with E-state index in [9.17, 15) is 0 Å². The van der Waals surface area contributed by atoms with Crippen molar-refractivity contribution < 1.29 is 0 Å². The van der Waals surface area contributed by atoms with Crippen LogP contribution in [0, 0.1) is 0 Å². The summed E-state index contributed by atoms with van der Waals surface area (Å²) in [7, 11) is 0. The van der Waals surface area contributed by atoms with Crippen LogP contribution in [-0.4, -0.2) is 11.2 Å². The van der Waals surface area contributed by atoms with Crippen LogP contribution in [0.2, 0.25) is 0 Å². The molecule has 0 unspecified atom stereocenters. The van der Waals surface area contributed by atoms with Gasteiger partial charge in [0.1, 0.15) is 0 Å². The van der Waals surface area contributed by atoms with Gasteiger partial charge in [0, 0.05) is 11.7 Å². The molecule has 0 aliphatic rings. The Labute approximate surface area is 158 Å². The molecular formula is C22H30N2S. The smallest absolute Gasteiger partial charge is 0.170 e. The molecule has 0 saturated heterocycles. The third kappa shape index (κ3) is 5.86. The van der Waals surface area contributed by atoms with E-state index in [1.807, 2.05) is 0 Å². The van der Waals surface area contributed by atoms with Crippen LogP contribution >= 0.6 is 12.2 Å². The van der Waals surface area contributed by atoms with E-state index in [2.05, 4.69) is 99.8 Å². The number of hydrogen-bond acceptors (Lipinski definition) is 1. The SMILES string of the molecule is CC(C)c1ccc(NC(=S)N[C@@H](C)CC(C)(C)c2ccccc2)cc1. The molecule has 2 aromatic carbocycles. The van der Waals surface area contributed by atoms with Gasteiger partial charge in [-0.1, -0.05) is 70.2 Å². The Kier molecular flexibility index (Phi) is 6.60. The van der Waals surface area contributed by atoms with Gasteiger partial charge in [-0.15, -0.1) is 0 Å². The van der Waals surface area contributed by atoms with Gasteiger partial charge in [-0.05, 0) is 60.2 Å². The van der Waals surface area contributed by atoms with Crippen molar-refractivity contribution in [2.45, 2.75) is 58.4 Å². The molecule has 134 valence electrons. The molecule has 0 heterocycles. The first kappa shape index (κ1) is 19.5. The van der Waals surface area contributed by atoms with Gasteiger partial charge in [-0.2, -0.15) is 0 Å². The van der Waals surface area contributed by atoms with Crippen LogP contribution in [0.15, 0.2) is 54.6 Å². The first-order chi connectivity index (χ1) is 11.8. The fourth-order valence-corrected chi connectivity index (χ4v) is 3.49. The summed E-state index contributed by atoms with van der Waals surface area (Å²) in [6.07, 6.45) is 1.01. The topological polar surface area (TPSA) is 24.1 Å². The summed E-state index contributed by atoms with van der Waals surface area (Å²) in [5.74, 6) is 0.541. The predicted molar refractivity (Wildman–Crippen MR) is 113 cm³/mol. The molecule has 25 heavy (non-hydrogen) atoms. The second-order valence-corrected chi connectivity index (χ2v) is 8.14. The maximum Gasteiger partial charge on any atom is 0.170 e. The van der Waals surface area contributed by atoms with E-state index >= 15 is 0 Å². The molecule has 0 amide bonds. The summed E-state index contributed by atoms with van der Waals surface area (Å²) in [5.41, 5.74) is 3.81. The molecule has 1 atom stereocenters. The van der Waals surface area contributed by atoms with Crippen molar-refractivity contribution in [3.63, 3.8) is 0 Å². The first-order valence-corrected chi connectivity index (χ1v) is 9.42. The van der Waals surface area contributed by atoms with Crippen molar-refractivity contribution in [1.82, 2.24) is 5.32 Å². The van der Waals surface area contributed by atoms with Crippen LogP contribution < -0.4 is 10.6 Å². The van der Waals surface area contributed by atoms with Gasteiger partial charge < -0.3 is 10.6 Å². The van der Waals surface area contributed by atoms with Crippen molar-refractivity contribution in [2.24, 2.45) is 0 Å². The van der Waals surface area contributed by atoms with Gasteiger partial charge >= 0.3 is 0 Å². The van der Waals surface area contributed by atoms with E-state index in [1.165, 1.54) is 11.1 Å². The molecule has 0 aliphatic heterocycles. The van der Waals surface area contributed by atoms with Crippen molar-refractivity contribution in [3.05, 3.63) is 65.7 Å². The van der Waals surface area contributed by atoms with Gasteiger partial charge in [-0.25, -0.2) is 0 Å². The number of anilines is 1. The predicted octanol–water partition coefficient (Wildman–Crippen LogP) is 5.85. The highest BCUT2D eigenvalue weighted by Crippen LogP contribution is 2.28. The number of nitrogens with one attached hydrogen (secondary N) is 2. The molecule has 0 fully saturated rings. The minimum absolute atomic E-state index is 0.0994. The lowest BCUT2D eigenvalue weighted by molar-refractivity contribution is 0.420. The molecule has 2 nitrogen and oxygen atoms in total. The number of benzene rings is 2. The Morgan fingerprint density at radius 1 is 0.960 bits per heavy atom. The van der Waals surface area contributed by atoms with E-state index in [1.54, 1.807) is 0 Å². The van der Waals surface area contributed by atoms with Gasteiger partial charge in [0.2, 0.25) is 0 Å². The average Bonchev–Trinajstić information content (AvgIpc) is 2.55. The Morgan fingerprint density at radius 3 is 2.12 bits per heavy atom. The molecule has 2 aromatic rings. The molecule has 0 spiro atoms. The zero-order valence-corrected chi connectivity index (χ0v) is 16.8. The van der Waals surface area contributed by atoms with Crippen molar-refractivity contribution in [2.75, 3.05) is 5.32 Å². The Hall–Kier alpha value is -1.87. The molecule has 2 N–H and O–H groups in total. The molecule has 0 aliphatic carbocycles. The monoisotopic (exact) mass is 354 g/mol. The Bertz CT molecular complexity index is 675. The lowest BCUT2D eigenvalue weighted by Crippen LogP contribution is -2.39. The van der Waals surface area contributed by atoms with Gasteiger partial charge in [0.25, 0.3) is 0 Å². The molecule has 0 radical (unpaired) electrons. The van der Waals surface area contributed by atoms with Crippen LogP contribution in [0.5, 0.6) is 0 Å².